The lowest BCUT2D eigenvalue weighted by molar-refractivity contribution is 0.342. The summed E-state index contributed by atoms with van der Waals surface area (Å²) in [4.78, 5) is 0. The zero-order valence-corrected chi connectivity index (χ0v) is 12.0. The van der Waals surface area contributed by atoms with E-state index in [4.69, 9.17) is 16.3 Å². The maximum atomic E-state index is 5.94. The van der Waals surface area contributed by atoms with Crippen molar-refractivity contribution in [1.29, 1.82) is 0 Å². The van der Waals surface area contributed by atoms with Crippen molar-refractivity contribution in [2.45, 2.75) is 20.8 Å². The van der Waals surface area contributed by atoms with Crippen molar-refractivity contribution in [2.75, 3.05) is 11.9 Å². The van der Waals surface area contributed by atoms with Gasteiger partial charge < -0.3 is 10.1 Å². The molecule has 19 heavy (non-hydrogen) atoms. The smallest absolute Gasteiger partial charge is 0.156 e. The SMILES string of the molecule is CCOc1ccccc1Nc1nnc(Cl)c(C)c1C. The Morgan fingerprint density at radius 1 is 1.16 bits per heavy atom. The van der Waals surface area contributed by atoms with Crippen molar-refractivity contribution in [3.8, 4) is 5.75 Å². The molecule has 100 valence electrons. The molecule has 1 aromatic heterocycles. The highest BCUT2D eigenvalue weighted by molar-refractivity contribution is 6.30. The number of benzene rings is 1. The van der Waals surface area contributed by atoms with E-state index in [-0.39, 0.29) is 0 Å². The summed E-state index contributed by atoms with van der Waals surface area (Å²) in [5, 5.41) is 11.7. The van der Waals surface area contributed by atoms with Gasteiger partial charge in [-0.1, -0.05) is 23.7 Å². The summed E-state index contributed by atoms with van der Waals surface area (Å²) < 4.78 is 5.57. The normalized spacial score (nSPS) is 10.3. The zero-order valence-electron chi connectivity index (χ0n) is 11.2. The average molecular weight is 278 g/mol. The predicted molar refractivity (Wildman–Crippen MR) is 77.4 cm³/mol. The second kappa shape index (κ2) is 5.89. The number of nitrogens with one attached hydrogen (secondary N) is 1. The van der Waals surface area contributed by atoms with Gasteiger partial charge >= 0.3 is 0 Å². The zero-order chi connectivity index (χ0) is 13.8. The van der Waals surface area contributed by atoms with Gasteiger partial charge in [0.25, 0.3) is 0 Å². The van der Waals surface area contributed by atoms with E-state index in [2.05, 4.69) is 15.5 Å². The number of para-hydroxylation sites is 2. The molecular formula is C14H16ClN3O. The Hall–Kier alpha value is -1.81. The minimum absolute atomic E-state index is 0.432. The number of rotatable bonds is 4. The molecule has 5 heteroatoms. The van der Waals surface area contributed by atoms with Crippen molar-refractivity contribution in [2.24, 2.45) is 0 Å². The average Bonchev–Trinajstić information content (AvgIpc) is 2.42. The molecular weight excluding hydrogens is 262 g/mol. The summed E-state index contributed by atoms with van der Waals surface area (Å²) in [7, 11) is 0. The lowest BCUT2D eigenvalue weighted by atomic mass is 10.2. The summed E-state index contributed by atoms with van der Waals surface area (Å²) >= 11 is 5.94. The Morgan fingerprint density at radius 2 is 1.89 bits per heavy atom. The van der Waals surface area contributed by atoms with Crippen LogP contribution in [0, 0.1) is 13.8 Å². The summed E-state index contributed by atoms with van der Waals surface area (Å²) in [5.41, 5.74) is 2.77. The van der Waals surface area contributed by atoms with Gasteiger partial charge in [0, 0.05) is 0 Å². The molecule has 4 nitrogen and oxygen atoms in total. The number of anilines is 2. The number of halogens is 1. The molecule has 0 amide bonds. The minimum Gasteiger partial charge on any atom is -0.492 e. The van der Waals surface area contributed by atoms with Gasteiger partial charge in [-0.05, 0) is 44.0 Å². The Bertz CT molecular complexity index is 587. The molecule has 0 spiro atoms. The van der Waals surface area contributed by atoms with E-state index < -0.39 is 0 Å². The first kappa shape index (κ1) is 13.6. The first-order chi connectivity index (χ1) is 9.13. The van der Waals surface area contributed by atoms with E-state index in [1.54, 1.807) is 0 Å². The fraction of sp³-hybridized carbons (Fsp3) is 0.286. The monoisotopic (exact) mass is 277 g/mol. The first-order valence-electron chi connectivity index (χ1n) is 6.11. The van der Waals surface area contributed by atoms with Crippen LogP contribution in [-0.4, -0.2) is 16.8 Å². The van der Waals surface area contributed by atoms with E-state index in [0.717, 1.165) is 22.6 Å². The van der Waals surface area contributed by atoms with Crippen molar-refractivity contribution in [3.63, 3.8) is 0 Å². The van der Waals surface area contributed by atoms with Crippen molar-refractivity contribution in [1.82, 2.24) is 10.2 Å². The van der Waals surface area contributed by atoms with Crippen molar-refractivity contribution >= 4 is 23.1 Å². The van der Waals surface area contributed by atoms with Gasteiger partial charge in [-0.2, -0.15) is 0 Å². The van der Waals surface area contributed by atoms with Crippen LogP contribution >= 0.6 is 11.6 Å². The second-order valence-electron chi connectivity index (χ2n) is 4.14. The minimum atomic E-state index is 0.432. The number of hydrogen-bond acceptors (Lipinski definition) is 4. The fourth-order valence-corrected chi connectivity index (χ4v) is 1.85. The molecule has 2 aromatic rings. The van der Waals surface area contributed by atoms with E-state index in [0.29, 0.717) is 17.6 Å². The molecule has 0 unspecified atom stereocenters. The van der Waals surface area contributed by atoms with E-state index in [1.807, 2.05) is 45.0 Å². The molecule has 1 aromatic carbocycles. The molecule has 0 fully saturated rings. The number of ether oxygens (including phenoxy) is 1. The molecule has 0 radical (unpaired) electrons. The first-order valence-corrected chi connectivity index (χ1v) is 6.49. The van der Waals surface area contributed by atoms with Gasteiger partial charge in [-0.25, -0.2) is 0 Å². The quantitative estimate of drug-likeness (QED) is 0.921. The Balaban J connectivity index is 2.34. The predicted octanol–water partition coefficient (Wildman–Crippen LogP) is 3.89. The standard InChI is InChI=1S/C14H16ClN3O/c1-4-19-12-8-6-5-7-11(12)16-14-10(3)9(2)13(15)17-18-14/h5-8H,4H2,1-3H3,(H,16,18). The van der Waals surface area contributed by atoms with E-state index in [9.17, 15) is 0 Å². The van der Waals surface area contributed by atoms with Crippen molar-refractivity contribution < 1.29 is 4.74 Å². The Kier molecular flexibility index (Phi) is 4.22. The molecule has 0 atom stereocenters. The van der Waals surface area contributed by atoms with Gasteiger partial charge in [-0.15, -0.1) is 10.2 Å². The third kappa shape index (κ3) is 2.96. The Morgan fingerprint density at radius 3 is 2.63 bits per heavy atom. The van der Waals surface area contributed by atoms with Gasteiger partial charge in [0.2, 0.25) is 0 Å². The van der Waals surface area contributed by atoms with Crippen LogP contribution in [0.15, 0.2) is 24.3 Å². The maximum Gasteiger partial charge on any atom is 0.156 e. The molecule has 1 heterocycles. The topological polar surface area (TPSA) is 47.0 Å². The van der Waals surface area contributed by atoms with Crippen LogP contribution in [0.5, 0.6) is 5.75 Å². The highest BCUT2D eigenvalue weighted by Crippen LogP contribution is 2.29. The molecule has 0 aliphatic heterocycles. The fourth-order valence-electron chi connectivity index (χ4n) is 1.67. The van der Waals surface area contributed by atoms with Crippen LogP contribution in [-0.2, 0) is 0 Å². The van der Waals surface area contributed by atoms with E-state index in [1.165, 1.54) is 0 Å². The van der Waals surface area contributed by atoms with Crippen molar-refractivity contribution in [3.05, 3.63) is 40.5 Å². The number of hydrogen-bond donors (Lipinski definition) is 1. The molecule has 0 aliphatic rings. The lowest BCUT2D eigenvalue weighted by Crippen LogP contribution is -2.03. The lowest BCUT2D eigenvalue weighted by Gasteiger charge is -2.13. The highest BCUT2D eigenvalue weighted by atomic mass is 35.5. The number of aromatic nitrogens is 2. The van der Waals surface area contributed by atoms with Crippen LogP contribution in [0.3, 0.4) is 0 Å². The van der Waals surface area contributed by atoms with Gasteiger partial charge in [-0.3, -0.25) is 0 Å². The van der Waals surface area contributed by atoms with Crippen LogP contribution in [0.1, 0.15) is 18.1 Å². The van der Waals surface area contributed by atoms with Gasteiger partial charge in [0.05, 0.1) is 12.3 Å². The Labute approximate surface area is 117 Å². The second-order valence-corrected chi connectivity index (χ2v) is 4.50. The third-order valence-electron chi connectivity index (χ3n) is 2.90. The summed E-state index contributed by atoms with van der Waals surface area (Å²) in [6.07, 6.45) is 0. The summed E-state index contributed by atoms with van der Waals surface area (Å²) in [5.74, 6) is 1.48. The molecule has 2 rings (SSSR count). The maximum absolute atomic E-state index is 5.94. The molecule has 0 saturated carbocycles. The third-order valence-corrected chi connectivity index (χ3v) is 3.26. The number of nitrogens with zero attached hydrogens (tertiary/aromatic N) is 2. The van der Waals surface area contributed by atoms with Crippen LogP contribution < -0.4 is 10.1 Å². The summed E-state index contributed by atoms with van der Waals surface area (Å²) in [6.45, 7) is 6.45. The van der Waals surface area contributed by atoms with Gasteiger partial charge in [0.1, 0.15) is 5.75 Å². The van der Waals surface area contributed by atoms with Crippen LogP contribution in [0.25, 0.3) is 0 Å². The molecule has 0 saturated heterocycles. The van der Waals surface area contributed by atoms with Crippen LogP contribution in [0.4, 0.5) is 11.5 Å². The summed E-state index contributed by atoms with van der Waals surface area (Å²) in [6, 6.07) is 7.73. The molecule has 0 bridgehead atoms. The molecule has 0 aliphatic carbocycles. The van der Waals surface area contributed by atoms with E-state index >= 15 is 0 Å². The van der Waals surface area contributed by atoms with Gasteiger partial charge in [0.15, 0.2) is 11.0 Å². The molecule has 1 N–H and O–H groups in total. The highest BCUT2D eigenvalue weighted by Gasteiger charge is 2.10. The van der Waals surface area contributed by atoms with Crippen LogP contribution in [0.2, 0.25) is 5.15 Å². The largest absolute Gasteiger partial charge is 0.492 e.